The monoisotopic (exact) mass is 508 g/mol. The Bertz CT molecular complexity index is 1120. The summed E-state index contributed by atoms with van der Waals surface area (Å²) in [5.74, 6) is -0.740. The summed E-state index contributed by atoms with van der Waals surface area (Å²) < 4.78 is 71.9. The molecule has 7 nitrogen and oxygen atoms in total. The minimum Gasteiger partial charge on any atom is -0.468 e. The molecule has 0 aliphatic heterocycles. The molecule has 30 heavy (non-hydrogen) atoms. The van der Waals surface area contributed by atoms with Crippen LogP contribution in [0, 0.1) is 0 Å². The summed E-state index contributed by atoms with van der Waals surface area (Å²) in [6.07, 6.45) is -3.82. The number of furan rings is 1. The van der Waals surface area contributed by atoms with Crippen molar-refractivity contribution in [3.05, 3.63) is 52.3 Å². The number of halogens is 4. The topological polar surface area (TPSA) is 112 Å². The van der Waals surface area contributed by atoms with Crippen LogP contribution >= 0.6 is 15.9 Å². The number of benzene rings is 1. The van der Waals surface area contributed by atoms with Crippen molar-refractivity contribution in [1.29, 1.82) is 0 Å². The van der Waals surface area contributed by atoms with Gasteiger partial charge in [0, 0.05) is 11.8 Å². The van der Waals surface area contributed by atoms with Crippen LogP contribution in [0.1, 0.15) is 5.76 Å². The van der Waals surface area contributed by atoms with Gasteiger partial charge in [-0.2, -0.15) is 13.2 Å². The molecule has 162 valence electrons. The molecule has 0 saturated carbocycles. The summed E-state index contributed by atoms with van der Waals surface area (Å²) in [6, 6.07) is 8.57. The zero-order chi connectivity index (χ0) is 22.7. The zero-order valence-corrected chi connectivity index (χ0v) is 18.1. The minimum absolute atomic E-state index is 0.0416. The Hall–Kier alpha value is -2.60. The predicted octanol–water partition coefficient (Wildman–Crippen LogP) is 3.44. The number of ether oxygens (including phenoxy) is 1. The Morgan fingerprint density at radius 2 is 1.93 bits per heavy atom. The second-order valence-corrected chi connectivity index (χ2v) is 8.74. The van der Waals surface area contributed by atoms with E-state index in [-0.39, 0.29) is 22.1 Å². The van der Waals surface area contributed by atoms with E-state index in [1.807, 2.05) is 0 Å². The Kier molecular flexibility index (Phi) is 7.14. The van der Waals surface area contributed by atoms with E-state index in [0.29, 0.717) is 5.56 Å². The van der Waals surface area contributed by atoms with Gasteiger partial charge in [0.25, 0.3) is 0 Å². The first-order chi connectivity index (χ1) is 13.8. The predicted molar refractivity (Wildman–Crippen MR) is 107 cm³/mol. The van der Waals surface area contributed by atoms with Crippen molar-refractivity contribution in [2.24, 2.45) is 10.7 Å². The van der Waals surface area contributed by atoms with Crippen LogP contribution in [0.4, 0.5) is 13.2 Å². The molecular weight excluding hydrogens is 493 g/mol. The second kappa shape index (κ2) is 9.04. The summed E-state index contributed by atoms with van der Waals surface area (Å²) in [5, 5.41) is 0. The van der Waals surface area contributed by atoms with Crippen LogP contribution in [0.5, 0.6) is 0 Å². The SMILES string of the molecule is COC(=O)CN=C(/C(Br)=C(\N)C(F)(F)F)c1ccc(-c2cccc(S(C)(=O)=O)c2)o1. The fraction of sp³-hybridized carbons (Fsp3) is 0.222. The average Bonchev–Trinajstić information content (AvgIpc) is 3.15. The van der Waals surface area contributed by atoms with Gasteiger partial charge < -0.3 is 14.9 Å². The number of sulfone groups is 1. The Morgan fingerprint density at radius 3 is 2.50 bits per heavy atom. The van der Waals surface area contributed by atoms with E-state index in [1.54, 1.807) is 6.07 Å². The van der Waals surface area contributed by atoms with Crippen molar-refractivity contribution < 1.29 is 35.5 Å². The smallest absolute Gasteiger partial charge is 0.431 e. The third kappa shape index (κ3) is 5.72. The number of carbonyl (C=O) groups is 1. The first-order valence-corrected chi connectivity index (χ1v) is 10.8. The molecule has 2 rings (SSSR count). The molecular formula is C18H16BrF3N2O5S. The van der Waals surface area contributed by atoms with Crippen LogP contribution in [-0.4, -0.2) is 46.2 Å². The molecule has 0 unspecified atom stereocenters. The van der Waals surface area contributed by atoms with Gasteiger partial charge in [-0.1, -0.05) is 12.1 Å². The number of esters is 1. The summed E-state index contributed by atoms with van der Waals surface area (Å²) in [7, 11) is -2.37. The number of aliphatic imine (C=N–C) groups is 1. The fourth-order valence-corrected chi connectivity index (χ4v) is 3.43. The lowest BCUT2D eigenvalue weighted by Crippen LogP contribution is -2.23. The molecule has 0 fully saturated rings. The highest BCUT2D eigenvalue weighted by Gasteiger charge is 2.35. The lowest BCUT2D eigenvalue weighted by Gasteiger charge is -2.11. The van der Waals surface area contributed by atoms with Crippen molar-refractivity contribution in [1.82, 2.24) is 0 Å². The highest BCUT2D eigenvalue weighted by atomic mass is 79.9. The van der Waals surface area contributed by atoms with Crippen molar-refractivity contribution in [3.63, 3.8) is 0 Å². The minimum atomic E-state index is -4.86. The van der Waals surface area contributed by atoms with Gasteiger partial charge in [0.2, 0.25) is 0 Å². The molecule has 0 amide bonds. The number of carbonyl (C=O) groups excluding carboxylic acids is 1. The lowest BCUT2D eigenvalue weighted by molar-refractivity contribution is -0.138. The maximum Gasteiger partial charge on any atom is 0.431 e. The second-order valence-electron chi connectivity index (χ2n) is 5.93. The van der Waals surface area contributed by atoms with E-state index < -0.39 is 38.7 Å². The fourth-order valence-electron chi connectivity index (χ4n) is 2.22. The van der Waals surface area contributed by atoms with Gasteiger partial charge in [-0.15, -0.1) is 0 Å². The first kappa shape index (κ1) is 23.7. The summed E-state index contributed by atoms with van der Waals surface area (Å²) >= 11 is 2.77. The van der Waals surface area contributed by atoms with Gasteiger partial charge in [-0.25, -0.2) is 8.42 Å². The number of hydrogen-bond acceptors (Lipinski definition) is 7. The molecule has 1 aromatic heterocycles. The number of nitrogens with two attached hydrogens (primary N) is 1. The molecule has 2 N–H and O–H groups in total. The van der Waals surface area contributed by atoms with Crippen molar-refractivity contribution >= 4 is 37.4 Å². The average molecular weight is 509 g/mol. The third-order valence-corrected chi connectivity index (χ3v) is 5.64. The van der Waals surface area contributed by atoms with E-state index in [1.165, 1.54) is 30.3 Å². The van der Waals surface area contributed by atoms with Gasteiger partial charge in [0.1, 0.15) is 23.7 Å². The number of rotatable bonds is 6. The quantitative estimate of drug-likeness (QED) is 0.472. The van der Waals surface area contributed by atoms with E-state index in [2.05, 4.69) is 25.7 Å². The van der Waals surface area contributed by atoms with Crippen molar-refractivity contribution in [3.8, 4) is 11.3 Å². The molecule has 0 radical (unpaired) electrons. The third-order valence-electron chi connectivity index (χ3n) is 3.73. The zero-order valence-electron chi connectivity index (χ0n) is 15.7. The van der Waals surface area contributed by atoms with Crippen LogP contribution in [0.15, 0.2) is 60.9 Å². The van der Waals surface area contributed by atoms with Gasteiger partial charge >= 0.3 is 12.1 Å². The molecule has 0 saturated heterocycles. The van der Waals surface area contributed by atoms with E-state index in [0.717, 1.165) is 13.4 Å². The van der Waals surface area contributed by atoms with E-state index in [4.69, 9.17) is 10.2 Å². The number of methoxy groups -OCH3 is 1. The molecule has 0 aliphatic carbocycles. The van der Waals surface area contributed by atoms with Crippen LogP contribution in [0.2, 0.25) is 0 Å². The van der Waals surface area contributed by atoms with Gasteiger partial charge in [-0.05, 0) is 40.2 Å². The summed E-state index contributed by atoms with van der Waals surface area (Å²) in [5.41, 5.74) is 3.71. The molecule has 2 aromatic rings. The van der Waals surface area contributed by atoms with Crippen LogP contribution in [-0.2, 0) is 19.4 Å². The number of hydrogen-bond donors (Lipinski definition) is 1. The lowest BCUT2D eigenvalue weighted by atomic mass is 10.2. The first-order valence-electron chi connectivity index (χ1n) is 8.09. The standard InChI is InChI=1S/C18H16BrF3N2O5S/c1-28-14(25)9-24-16(15(19)17(23)18(20,21)22)13-7-6-12(29-13)10-4-3-5-11(8-10)30(2,26)27/h3-8H,9,23H2,1-2H3/b17-15+,24-16?. The van der Waals surface area contributed by atoms with E-state index >= 15 is 0 Å². The summed E-state index contributed by atoms with van der Waals surface area (Å²) in [4.78, 5) is 15.3. The van der Waals surface area contributed by atoms with Crippen molar-refractivity contribution in [2.75, 3.05) is 19.9 Å². The van der Waals surface area contributed by atoms with E-state index in [9.17, 15) is 26.4 Å². The molecule has 1 aromatic carbocycles. The molecule has 0 atom stereocenters. The van der Waals surface area contributed by atoms with Crippen LogP contribution in [0.25, 0.3) is 11.3 Å². The molecule has 0 aliphatic rings. The van der Waals surface area contributed by atoms with Crippen molar-refractivity contribution in [2.45, 2.75) is 11.1 Å². The summed E-state index contributed by atoms with van der Waals surface area (Å²) in [6.45, 7) is -0.578. The number of alkyl halides is 3. The number of nitrogens with zero attached hydrogens (tertiary/aromatic N) is 1. The Morgan fingerprint density at radius 1 is 1.27 bits per heavy atom. The van der Waals surface area contributed by atoms with Gasteiger partial charge in [0.05, 0.1) is 16.5 Å². The van der Waals surface area contributed by atoms with Crippen LogP contribution < -0.4 is 5.73 Å². The highest BCUT2D eigenvalue weighted by Crippen LogP contribution is 2.31. The Balaban J connectivity index is 2.55. The maximum atomic E-state index is 13.0. The van der Waals surface area contributed by atoms with Crippen LogP contribution in [0.3, 0.4) is 0 Å². The number of allylic oxidation sites excluding steroid dienone is 2. The van der Waals surface area contributed by atoms with Gasteiger partial charge in [0.15, 0.2) is 15.6 Å². The Labute approximate surface area is 178 Å². The molecule has 0 bridgehead atoms. The highest BCUT2D eigenvalue weighted by molar-refractivity contribution is 9.12. The molecule has 0 spiro atoms. The van der Waals surface area contributed by atoms with Gasteiger partial charge in [-0.3, -0.25) is 9.79 Å². The maximum absolute atomic E-state index is 13.0. The molecule has 12 heteroatoms. The normalized spacial score (nSPS) is 13.7. The largest absolute Gasteiger partial charge is 0.468 e. The molecule has 1 heterocycles.